The summed E-state index contributed by atoms with van der Waals surface area (Å²) in [6.45, 7) is 4.64. The van der Waals surface area contributed by atoms with Gasteiger partial charge in [0, 0.05) is 37.3 Å². The van der Waals surface area contributed by atoms with Crippen molar-refractivity contribution in [2.24, 2.45) is 0 Å². The van der Waals surface area contributed by atoms with Crippen molar-refractivity contribution in [2.75, 3.05) is 31.1 Å². The van der Waals surface area contributed by atoms with E-state index in [2.05, 4.69) is 10.4 Å². The van der Waals surface area contributed by atoms with E-state index in [-0.39, 0.29) is 18.0 Å². The Labute approximate surface area is 137 Å². The summed E-state index contributed by atoms with van der Waals surface area (Å²) in [6, 6.07) is 3.95. The number of nitrogens with zero attached hydrogens (tertiary/aromatic N) is 4. The van der Waals surface area contributed by atoms with E-state index in [1.165, 1.54) is 11.3 Å². The molecule has 2 aromatic rings. The number of carbonyl (C=O) groups is 2. The first-order chi connectivity index (χ1) is 11.1. The van der Waals surface area contributed by atoms with Gasteiger partial charge in [-0.15, -0.1) is 11.3 Å². The SMILES string of the molecule is Cc1ccc(C(=O)N2CC(n3cc(N4CCNC4=O)cn3)C2)s1. The number of amides is 3. The molecule has 0 atom stereocenters. The molecule has 0 saturated carbocycles. The number of hydrogen-bond acceptors (Lipinski definition) is 4. The standard InChI is InChI=1S/C15H17N5O2S/c1-10-2-3-13(23-10)14(21)18-7-12(8-18)20-9-11(6-17-20)19-5-4-16-15(19)22/h2-3,6,9,12H,4-5,7-8H2,1H3,(H,16,22). The summed E-state index contributed by atoms with van der Waals surface area (Å²) in [7, 11) is 0. The molecule has 0 aromatic carbocycles. The minimum absolute atomic E-state index is 0.0805. The Bertz CT molecular complexity index is 762. The van der Waals surface area contributed by atoms with Gasteiger partial charge in [-0.3, -0.25) is 14.4 Å². The van der Waals surface area contributed by atoms with Crippen molar-refractivity contribution in [3.8, 4) is 0 Å². The summed E-state index contributed by atoms with van der Waals surface area (Å²) < 4.78 is 1.85. The fourth-order valence-corrected chi connectivity index (χ4v) is 3.71. The van der Waals surface area contributed by atoms with Crippen LogP contribution in [0.5, 0.6) is 0 Å². The van der Waals surface area contributed by atoms with Crippen molar-refractivity contribution in [3.05, 3.63) is 34.3 Å². The van der Waals surface area contributed by atoms with Crippen LogP contribution >= 0.6 is 11.3 Å². The molecule has 23 heavy (non-hydrogen) atoms. The Morgan fingerprint density at radius 3 is 2.87 bits per heavy atom. The highest BCUT2D eigenvalue weighted by Gasteiger charge is 2.34. The molecule has 3 amide bonds. The monoisotopic (exact) mass is 331 g/mol. The first-order valence-corrected chi connectivity index (χ1v) is 8.39. The van der Waals surface area contributed by atoms with Crippen molar-refractivity contribution >= 4 is 29.0 Å². The molecule has 7 nitrogen and oxygen atoms in total. The molecule has 2 saturated heterocycles. The van der Waals surface area contributed by atoms with E-state index >= 15 is 0 Å². The minimum atomic E-state index is -0.0805. The van der Waals surface area contributed by atoms with Crippen LogP contribution in [0.15, 0.2) is 24.5 Å². The van der Waals surface area contributed by atoms with Crippen molar-refractivity contribution in [2.45, 2.75) is 13.0 Å². The first-order valence-electron chi connectivity index (χ1n) is 7.57. The molecule has 4 heterocycles. The van der Waals surface area contributed by atoms with Crippen LogP contribution in [-0.2, 0) is 0 Å². The molecule has 0 aliphatic carbocycles. The Hall–Kier alpha value is -2.35. The lowest BCUT2D eigenvalue weighted by molar-refractivity contribution is 0.0506. The average Bonchev–Trinajstić information content (AvgIpc) is 3.18. The highest BCUT2D eigenvalue weighted by molar-refractivity contribution is 7.13. The van der Waals surface area contributed by atoms with Gasteiger partial charge in [-0.1, -0.05) is 0 Å². The number of aromatic nitrogens is 2. The molecule has 0 bridgehead atoms. The Morgan fingerprint density at radius 1 is 1.39 bits per heavy atom. The molecular formula is C15H17N5O2S. The van der Waals surface area contributed by atoms with Gasteiger partial charge in [0.15, 0.2) is 0 Å². The van der Waals surface area contributed by atoms with Crippen molar-refractivity contribution in [1.29, 1.82) is 0 Å². The molecule has 2 aliphatic rings. The predicted octanol–water partition coefficient (Wildman–Crippen LogP) is 1.48. The largest absolute Gasteiger partial charge is 0.336 e. The number of hydrogen-bond donors (Lipinski definition) is 1. The second-order valence-electron chi connectivity index (χ2n) is 5.84. The zero-order valence-corrected chi connectivity index (χ0v) is 13.5. The van der Waals surface area contributed by atoms with E-state index in [1.807, 2.05) is 34.8 Å². The molecule has 0 unspecified atom stereocenters. The van der Waals surface area contributed by atoms with Crippen LogP contribution < -0.4 is 10.2 Å². The second-order valence-corrected chi connectivity index (χ2v) is 7.12. The summed E-state index contributed by atoms with van der Waals surface area (Å²) in [4.78, 5) is 29.4. The number of nitrogens with one attached hydrogen (secondary N) is 1. The van der Waals surface area contributed by atoms with Gasteiger partial charge < -0.3 is 10.2 Å². The third-order valence-electron chi connectivity index (χ3n) is 4.23. The molecule has 0 radical (unpaired) electrons. The van der Waals surface area contributed by atoms with Gasteiger partial charge in [0.1, 0.15) is 0 Å². The molecule has 1 N–H and O–H groups in total. The molecule has 2 aromatic heterocycles. The van der Waals surface area contributed by atoms with E-state index in [0.717, 1.165) is 15.4 Å². The summed E-state index contributed by atoms with van der Waals surface area (Å²) in [5.74, 6) is 0.0886. The molecule has 8 heteroatoms. The number of aryl methyl sites for hydroxylation is 1. The highest BCUT2D eigenvalue weighted by atomic mass is 32.1. The number of carbonyl (C=O) groups excluding carboxylic acids is 2. The van der Waals surface area contributed by atoms with Gasteiger partial charge in [-0.25, -0.2) is 4.79 Å². The number of rotatable bonds is 3. The number of anilines is 1. The van der Waals surface area contributed by atoms with E-state index in [1.54, 1.807) is 11.1 Å². The smallest absolute Gasteiger partial charge is 0.322 e. The number of urea groups is 1. The molecule has 2 fully saturated rings. The van der Waals surface area contributed by atoms with Gasteiger partial charge in [0.25, 0.3) is 5.91 Å². The second kappa shape index (κ2) is 5.38. The van der Waals surface area contributed by atoms with Crippen molar-refractivity contribution in [3.63, 3.8) is 0 Å². The lowest BCUT2D eigenvalue weighted by Gasteiger charge is -2.38. The molecule has 2 aliphatic heterocycles. The van der Waals surface area contributed by atoms with E-state index in [4.69, 9.17) is 0 Å². The summed E-state index contributed by atoms with van der Waals surface area (Å²) >= 11 is 1.53. The fraction of sp³-hybridized carbons (Fsp3) is 0.400. The summed E-state index contributed by atoms with van der Waals surface area (Å²) in [5.41, 5.74) is 0.804. The van der Waals surface area contributed by atoms with Crippen molar-refractivity contribution in [1.82, 2.24) is 20.0 Å². The van der Waals surface area contributed by atoms with Gasteiger partial charge in [0.2, 0.25) is 0 Å². The Kier molecular flexibility index (Phi) is 3.33. The summed E-state index contributed by atoms with van der Waals surface area (Å²) in [5, 5.41) is 7.12. The maximum absolute atomic E-state index is 12.3. The average molecular weight is 331 g/mol. The van der Waals surface area contributed by atoms with E-state index < -0.39 is 0 Å². The van der Waals surface area contributed by atoms with Gasteiger partial charge >= 0.3 is 6.03 Å². The van der Waals surface area contributed by atoms with Crippen molar-refractivity contribution < 1.29 is 9.59 Å². The van der Waals surface area contributed by atoms with Crippen LogP contribution in [0.1, 0.15) is 20.6 Å². The maximum atomic E-state index is 12.3. The normalized spacial score (nSPS) is 18.2. The van der Waals surface area contributed by atoms with Crippen LogP contribution in [0.3, 0.4) is 0 Å². The predicted molar refractivity (Wildman–Crippen MR) is 87.0 cm³/mol. The molecular weight excluding hydrogens is 314 g/mol. The lowest BCUT2D eigenvalue weighted by Crippen LogP contribution is -2.50. The van der Waals surface area contributed by atoms with Gasteiger partial charge in [0.05, 0.1) is 22.8 Å². The fourth-order valence-electron chi connectivity index (χ4n) is 2.88. The number of likely N-dealkylation sites (tertiary alicyclic amines) is 1. The molecule has 0 spiro atoms. The van der Waals surface area contributed by atoms with Crippen LogP contribution in [0, 0.1) is 6.92 Å². The Morgan fingerprint density at radius 2 is 2.22 bits per heavy atom. The topological polar surface area (TPSA) is 70.5 Å². The van der Waals surface area contributed by atoms with Crippen LogP contribution in [0.4, 0.5) is 10.5 Å². The zero-order valence-electron chi connectivity index (χ0n) is 12.7. The van der Waals surface area contributed by atoms with E-state index in [9.17, 15) is 9.59 Å². The van der Waals surface area contributed by atoms with E-state index in [0.29, 0.717) is 26.2 Å². The third kappa shape index (κ3) is 2.48. The lowest BCUT2D eigenvalue weighted by atomic mass is 10.1. The maximum Gasteiger partial charge on any atom is 0.322 e. The summed E-state index contributed by atoms with van der Waals surface area (Å²) in [6.07, 6.45) is 3.59. The molecule has 120 valence electrons. The highest BCUT2D eigenvalue weighted by Crippen LogP contribution is 2.27. The Balaban J connectivity index is 1.39. The molecule has 4 rings (SSSR count). The van der Waals surface area contributed by atoms with Gasteiger partial charge in [-0.05, 0) is 19.1 Å². The zero-order chi connectivity index (χ0) is 16.0. The van der Waals surface area contributed by atoms with Crippen LogP contribution in [0.25, 0.3) is 0 Å². The third-order valence-corrected chi connectivity index (χ3v) is 5.22. The number of thiophene rings is 1. The van der Waals surface area contributed by atoms with Crippen LogP contribution in [0.2, 0.25) is 0 Å². The quantitative estimate of drug-likeness (QED) is 0.926. The van der Waals surface area contributed by atoms with Crippen LogP contribution in [-0.4, -0.2) is 52.8 Å². The first kappa shape index (κ1) is 14.3. The minimum Gasteiger partial charge on any atom is -0.336 e. The van der Waals surface area contributed by atoms with Gasteiger partial charge in [-0.2, -0.15) is 5.10 Å².